The molecule has 1 amide bonds. The van der Waals surface area contributed by atoms with Crippen LogP contribution in [-0.4, -0.2) is 68.4 Å². The maximum atomic E-state index is 12.9. The fourth-order valence-corrected chi connectivity index (χ4v) is 9.51. The maximum Gasteiger partial charge on any atom is 0.352 e. The first-order chi connectivity index (χ1) is 21.7. The van der Waals surface area contributed by atoms with Gasteiger partial charge in [0.15, 0.2) is 12.7 Å². The van der Waals surface area contributed by atoms with Gasteiger partial charge in [-0.3, -0.25) is 19.3 Å². The van der Waals surface area contributed by atoms with E-state index in [1.807, 2.05) is 12.1 Å². The molecule has 46 heavy (non-hydrogen) atoms. The highest BCUT2D eigenvalue weighted by atomic mass is 127. The number of nitrogens with zero attached hydrogens (tertiary/aromatic N) is 3. The van der Waals surface area contributed by atoms with Crippen molar-refractivity contribution < 1.29 is 57.9 Å². The standard InChI is InChI=1S/C33H31N3O6S3.HI/c1-34-24-9-4-5-11-26(24)45-27(34)17-20-13-14-35(23-8-3-2-7-22(20)23)15-16-43-18-21-19-44-32-29(25(37)10-6-12-28(38)39)31(40)36(32)30(21)33(41)42;/h2-5,7-9,11,13-14,17,29,32H,6,10,12,15-16,18-19H2,1H3,(H-,38,39,41,42);1H. The Balaban J connectivity index is 0.00000417. The van der Waals surface area contributed by atoms with E-state index >= 15 is 0 Å². The molecule has 2 N–H and O–H groups in total. The molecule has 9 nitrogen and oxygen atoms in total. The number of benzene rings is 2. The second kappa shape index (κ2) is 14.8. The van der Waals surface area contributed by atoms with E-state index in [2.05, 4.69) is 71.3 Å². The number of aryl methyl sites for hydroxylation is 1. The van der Waals surface area contributed by atoms with Crippen molar-refractivity contribution in [2.75, 3.05) is 29.2 Å². The van der Waals surface area contributed by atoms with Gasteiger partial charge in [0.05, 0.1) is 21.9 Å². The summed E-state index contributed by atoms with van der Waals surface area (Å²) in [4.78, 5) is 53.2. The molecular weight excluding hydrogens is 757 g/mol. The van der Waals surface area contributed by atoms with Gasteiger partial charge in [0, 0.05) is 48.4 Å². The van der Waals surface area contributed by atoms with Crippen molar-refractivity contribution in [2.24, 2.45) is 5.92 Å². The van der Waals surface area contributed by atoms with Crippen LogP contribution in [0, 0.1) is 5.92 Å². The summed E-state index contributed by atoms with van der Waals surface area (Å²) in [5.41, 5.74) is 4.11. The van der Waals surface area contributed by atoms with Crippen molar-refractivity contribution in [3.8, 4) is 0 Å². The lowest BCUT2D eigenvalue weighted by molar-refractivity contribution is -0.666. The molecule has 4 heterocycles. The van der Waals surface area contributed by atoms with Gasteiger partial charge in [0.25, 0.3) is 0 Å². The van der Waals surface area contributed by atoms with E-state index in [1.165, 1.54) is 32.3 Å². The number of para-hydroxylation sites is 2. The zero-order valence-corrected chi connectivity index (χ0v) is 29.5. The summed E-state index contributed by atoms with van der Waals surface area (Å²) < 4.78 is 2.21. The van der Waals surface area contributed by atoms with Crippen LogP contribution in [0.2, 0.25) is 0 Å². The van der Waals surface area contributed by atoms with Gasteiger partial charge in [0.1, 0.15) is 22.8 Å². The van der Waals surface area contributed by atoms with Gasteiger partial charge < -0.3 is 39.1 Å². The summed E-state index contributed by atoms with van der Waals surface area (Å²) in [6.45, 7) is 0.725. The number of β-lactam (4-membered cyclic amide) rings is 1. The molecule has 1 fully saturated rings. The lowest BCUT2D eigenvalue weighted by Crippen LogP contribution is -3.00. The second-order valence-corrected chi connectivity index (χ2v) is 14.3. The number of fused-ring (bicyclic) bond motifs is 3. The van der Waals surface area contributed by atoms with Crippen LogP contribution in [0.25, 0.3) is 17.0 Å². The zero-order chi connectivity index (χ0) is 31.7. The fourth-order valence-electron chi connectivity index (χ4n) is 5.89. The number of thioether (sulfide) groups is 3. The summed E-state index contributed by atoms with van der Waals surface area (Å²) in [5, 5.41) is 20.6. The first-order valence-corrected chi connectivity index (χ1v) is 17.6. The highest BCUT2D eigenvalue weighted by Crippen LogP contribution is 2.46. The second-order valence-electron chi connectivity index (χ2n) is 11.0. The molecule has 3 aliphatic rings. The molecule has 0 bridgehead atoms. The van der Waals surface area contributed by atoms with Gasteiger partial charge in [-0.15, -0.1) is 11.8 Å². The third kappa shape index (κ3) is 6.83. The minimum atomic E-state index is -1.17. The number of carboxylic acids is 2. The number of carbonyl (C=O) groups is 4. The minimum Gasteiger partial charge on any atom is -1.00 e. The summed E-state index contributed by atoms with van der Waals surface area (Å²) in [6, 6.07) is 18.8. The van der Waals surface area contributed by atoms with Crippen LogP contribution < -0.4 is 33.4 Å². The molecule has 3 aliphatic heterocycles. The Labute approximate surface area is 296 Å². The molecule has 2 atom stereocenters. The van der Waals surface area contributed by atoms with E-state index < -0.39 is 29.1 Å². The number of aromatic nitrogens is 1. The number of anilines is 1. The third-order valence-electron chi connectivity index (χ3n) is 8.17. The Morgan fingerprint density at radius 1 is 1.07 bits per heavy atom. The van der Waals surface area contributed by atoms with Gasteiger partial charge in [-0.05, 0) is 41.8 Å². The van der Waals surface area contributed by atoms with Crippen LogP contribution in [0.1, 0.15) is 24.8 Å². The number of amides is 1. The van der Waals surface area contributed by atoms with Crippen molar-refractivity contribution in [3.05, 3.63) is 82.7 Å². The van der Waals surface area contributed by atoms with Crippen LogP contribution in [0.4, 0.5) is 5.69 Å². The molecule has 0 spiro atoms. The van der Waals surface area contributed by atoms with Crippen molar-refractivity contribution in [3.63, 3.8) is 0 Å². The molecule has 2 aromatic carbocycles. The maximum absolute atomic E-state index is 12.9. The molecular formula is C33H32IN3O6S3. The quantitative estimate of drug-likeness (QED) is 0.0930. The van der Waals surface area contributed by atoms with Crippen LogP contribution in [0.5, 0.6) is 0 Å². The number of hydrogen-bond acceptors (Lipinski definition) is 8. The molecule has 240 valence electrons. The largest absolute Gasteiger partial charge is 1.00 e. The molecule has 1 saturated heterocycles. The summed E-state index contributed by atoms with van der Waals surface area (Å²) in [7, 11) is 2.09. The fraction of sp³-hybridized carbons (Fsp3) is 0.303. The zero-order valence-electron chi connectivity index (χ0n) is 24.9. The van der Waals surface area contributed by atoms with Crippen molar-refractivity contribution in [2.45, 2.75) is 36.1 Å². The summed E-state index contributed by atoms with van der Waals surface area (Å²) in [5.74, 6) is -2.24. The summed E-state index contributed by atoms with van der Waals surface area (Å²) >= 11 is 4.79. The van der Waals surface area contributed by atoms with Gasteiger partial charge in [0.2, 0.25) is 11.4 Å². The number of rotatable bonds is 12. The number of ketones is 1. The molecule has 3 aromatic rings. The number of hydrogen-bond donors (Lipinski definition) is 2. The van der Waals surface area contributed by atoms with E-state index in [0.29, 0.717) is 17.1 Å². The molecule has 0 saturated carbocycles. The molecule has 0 radical (unpaired) electrons. The molecule has 1 aromatic heterocycles. The Morgan fingerprint density at radius 3 is 2.59 bits per heavy atom. The van der Waals surface area contributed by atoms with Crippen molar-refractivity contribution >= 4 is 81.6 Å². The van der Waals surface area contributed by atoms with Crippen molar-refractivity contribution in [1.82, 2.24) is 4.90 Å². The SMILES string of the molecule is CN1C(=Cc2cc[n+](CCSCC3=C(C(=O)O)N4C(=O)C(C(=O)CCCC(=O)O)C4SC3)c3ccccc23)Sc2ccccc21.[I-]. The highest BCUT2D eigenvalue weighted by Gasteiger charge is 2.56. The average Bonchev–Trinajstić information content (AvgIpc) is 3.34. The van der Waals surface area contributed by atoms with Gasteiger partial charge >= 0.3 is 11.9 Å². The van der Waals surface area contributed by atoms with Crippen LogP contribution in [0.15, 0.2) is 82.0 Å². The van der Waals surface area contributed by atoms with Crippen LogP contribution in [-0.2, 0) is 25.7 Å². The lowest BCUT2D eigenvalue weighted by atomic mass is 9.89. The Hall–Kier alpha value is -3.01. The lowest BCUT2D eigenvalue weighted by Gasteiger charge is -2.48. The van der Waals surface area contributed by atoms with E-state index in [0.717, 1.165) is 28.8 Å². The first-order valence-electron chi connectivity index (χ1n) is 14.6. The van der Waals surface area contributed by atoms with E-state index in [1.54, 1.807) is 23.5 Å². The molecule has 13 heteroatoms. The Bertz CT molecular complexity index is 1780. The Morgan fingerprint density at radius 2 is 1.83 bits per heavy atom. The Kier molecular flexibility index (Phi) is 11.1. The van der Waals surface area contributed by atoms with E-state index in [9.17, 15) is 24.3 Å². The number of Topliss-reactive ketones (excluding diaryl/α,β-unsaturated/α-hetero) is 1. The van der Waals surface area contributed by atoms with E-state index in [-0.39, 0.29) is 54.7 Å². The first kappa shape index (κ1) is 34.3. The summed E-state index contributed by atoms with van der Waals surface area (Å²) in [6.07, 6.45) is 4.34. The topological polar surface area (TPSA) is 119 Å². The molecule has 6 rings (SSSR count). The number of halogens is 1. The van der Waals surface area contributed by atoms with E-state index in [4.69, 9.17) is 5.11 Å². The number of carbonyl (C=O) groups excluding carboxylic acids is 2. The molecule has 0 aliphatic carbocycles. The third-order valence-corrected chi connectivity index (χ3v) is 11.7. The predicted molar refractivity (Wildman–Crippen MR) is 178 cm³/mol. The highest BCUT2D eigenvalue weighted by molar-refractivity contribution is 8.04. The van der Waals surface area contributed by atoms with Gasteiger partial charge in [-0.25, -0.2) is 4.79 Å². The smallest absolute Gasteiger partial charge is 0.352 e. The van der Waals surface area contributed by atoms with Crippen molar-refractivity contribution in [1.29, 1.82) is 0 Å². The number of carboxylic acid groups (broad SMARTS) is 2. The normalized spacial score (nSPS) is 19.5. The minimum absolute atomic E-state index is 0. The monoisotopic (exact) mass is 789 g/mol. The number of pyridine rings is 1. The van der Waals surface area contributed by atoms with Crippen LogP contribution in [0.3, 0.4) is 0 Å². The predicted octanol–water partition coefficient (Wildman–Crippen LogP) is 2.10. The average molecular weight is 790 g/mol. The van der Waals surface area contributed by atoms with Gasteiger partial charge in [-0.1, -0.05) is 36.0 Å². The number of aliphatic carboxylic acids is 2. The molecule has 2 unspecified atom stereocenters. The van der Waals surface area contributed by atoms with Crippen LogP contribution >= 0.6 is 35.3 Å². The van der Waals surface area contributed by atoms with Gasteiger partial charge in [-0.2, -0.15) is 16.3 Å².